The van der Waals surface area contributed by atoms with Gasteiger partial charge in [-0.1, -0.05) is 30.0 Å². The van der Waals surface area contributed by atoms with Gasteiger partial charge >= 0.3 is 0 Å². The van der Waals surface area contributed by atoms with Crippen LogP contribution in [-0.2, 0) is 7.05 Å². The third-order valence-corrected chi connectivity index (χ3v) is 6.60. The predicted octanol–water partition coefficient (Wildman–Crippen LogP) is 3.24. The van der Waals surface area contributed by atoms with Gasteiger partial charge < -0.3 is 15.5 Å². The fourth-order valence-electron chi connectivity index (χ4n) is 4.70. The van der Waals surface area contributed by atoms with Crippen LogP contribution in [0.25, 0.3) is 22.1 Å². The number of nitrogen functional groups attached to an aromatic ring is 1. The SMILES string of the molecule is C[C@@H](NC(=O)c1c(N)ncc2cccnc12)c1cn2ccc(C#Cc3cnn(C)c3)c2c(=O)n1-c1ccccc1. The van der Waals surface area contributed by atoms with Crippen molar-refractivity contribution in [3.63, 3.8) is 0 Å². The Morgan fingerprint density at radius 2 is 1.85 bits per heavy atom. The van der Waals surface area contributed by atoms with E-state index in [2.05, 4.69) is 32.2 Å². The van der Waals surface area contributed by atoms with Gasteiger partial charge in [0.2, 0.25) is 0 Å². The summed E-state index contributed by atoms with van der Waals surface area (Å²) in [5.41, 5.74) is 9.47. The maximum Gasteiger partial charge on any atom is 0.280 e. The number of anilines is 1. The Balaban J connectivity index is 1.45. The Kier molecular flexibility index (Phi) is 6.09. The molecule has 0 fully saturated rings. The first kappa shape index (κ1) is 24.6. The molecule has 0 unspecified atom stereocenters. The zero-order valence-corrected chi connectivity index (χ0v) is 21.7. The lowest BCUT2D eigenvalue weighted by Gasteiger charge is -2.21. The average molecular weight is 529 g/mol. The van der Waals surface area contributed by atoms with Crippen LogP contribution < -0.4 is 16.6 Å². The summed E-state index contributed by atoms with van der Waals surface area (Å²) >= 11 is 0. The number of aryl methyl sites for hydroxylation is 1. The number of pyridine rings is 2. The van der Waals surface area contributed by atoms with Crippen LogP contribution in [0.15, 0.2) is 90.5 Å². The maximum absolute atomic E-state index is 14.0. The summed E-state index contributed by atoms with van der Waals surface area (Å²) in [6.07, 6.45) is 10.3. The molecule has 0 spiro atoms. The zero-order valence-electron chi connectivity index (χ0n) is 21.7. The third-order valence-electron chi connectivity index (χ3n) is 6.60. The molecule has 10 heteroatoms. The lowest BCUT2D eigenvalue weighted by atomic mass is 10.1. The highest BCUT2D eigenvalue weighted by Crippen LogP contribution is 2.23. The molecule has 1 amide bonds. The number of benzene rings is 1. The van der Waals surface area contributed by atoms with Gasteiger partial charge in [-0.2, -0.15) is 5.10 Å². The van der Waals surface area contributed by atoms with Crippen molar-refractivity contribution in [2.75, 3.05) is 5.73 Å². The number of fused-ring (bicyclic) bond motifs is 2. The van der Waals surface area contributed by atoms with E-state index >= 15 is 0 Å². The van der Waals surface area contributed by atoms with E-state index in [1.54, 1.807) is 50.6 Å². The Bertz CT molecular complexity index is 2030. The molecule has 0 saturated carbocycles. The molecule has 1 atom stereocenters. The van der Waals surface area contributed by atoms with Gasteiger partial charge in [0.15, 0.2) is 0 Å². The summed E-state index contributed by atoms with van der Waals surface area (Å²) in [4.78, 5) is 36.1. The lowest BCUT2D eigenvalue weighted by Crippen LogP contribution is -2.33. The molecule has 1 aromatic carbocycles. The number of nitrogens with two attached hydrogens (primary N) is 1. The molecule has 3 N–H and O–H groups in total. The van der Waals surface area contributed by atoms with Gasteiger partial charge in [0.25, 0.3) is 11.5 Å². The number of hydrogen-bond donors (Lipinski definition) is 2. The summed E-state index contributed by atoms with van der Waals surface area (Å²) in [7, 11) is 1.82. The van der Waals surface area contributed by atoms with Gasteiger partial charge in [-0.3, -0.25) is 23.8 Å². The van der Waals surface area contributed by atoms with Crippen molar-refractivity contribution in [1.82, 2.24) is 34.0 Å². The first-order chi connectivity index (χ1) is 19.4. The van der Waals surface area contributed by atoms with Gasteiger partial charge in [0.1, 0.15) is 16.9 Å². The van der Waals surface area contributed by atoms with Crippen LogP contribution in [0.1, 0.15) is 40.1 Å². The van der Waals surface area contributed by atoms with Crippen molar-refractivity contribution >= 4 is 28.1 Å². The first-order valence-electron chi connectivity index (χ1n) is 12.5. The minimum absolute atomic E-state index is 0.0778. The second kappa shape index (κ2) is 9.89. The molecular weight excluding hydrogens is 504 g/mol. The molecule has 0 radical (unpaired) electrons. The van der Waals surface area contributed by atoms with E-state index in [0.29, 0.717) is 33.4 Å². The van der Waals surface area contributed by atoms with Gasteiger partial charge in [0.05, 0.1) is 34.6 Å². The number of nitrogens with zero attached hydrogens (tertiary/aromatic N) is 6. The highest BCUT2D eigenvalue weighted by atomic mass is 16.2. The van der Waals surface area contributed by atoms with Crippen LogP contribution >= 0.6 is 0 Å². The van der Waals surface area contributed by atoms with Crippen LogP contribution in [0, 0.1) is 11.8 Å². The third kappa shape index (κ3) is 4.35. The Hall–Kier alpha value is -5.69. The molecule has 0 bridgehead atoms. The Labute approximate surface area is 228 Å². The highest BCUT2D eigenvalue weighted by Gasteiger charge is 2.23. The number of amides is 1. The largest absolute Gasteiger partial charge is 0.383 e. The molecule has 5 aromatic heterocycles. The molecule has 10 nitrogen and oxygen atoms in total. The molecule has 40 heavy (non-hydrogen) atoms. The van der Waals surface area contributed by atoms with Crippen LogP contribution in [0.2, 0.25) is 0 Å². The molecule has 5 heterocycles. The number of aromatic nitrogens is 6. The van der Waals surface area contributed by atoms with E-state index in [4.69, 9.17) is 5.73 Å². The molecule has 6 aromatic rings. The summed E-state index contributed by atoms with van der Waals surface area (Å²) in [5, 5.41) is 7.83. The number of carbonyl (C=O) groups is 1. The lowest BCUT2D eigenvalue weighted by molar-refractivity contribution is 0.0940. The number of nitrogens with one attached hydrogen (secondary N) is 1. The second-order valence-electron chi connectivity index (χ2n) is 9.32. The minimum atomic E-state index is -0.587. The monoisotopic (exact) mass is 528 g/mol. The molecule has 6 rings (SSSR count). The van der Waals surface area contributed by atoms with Crippen molar-refractivity contribution < 1.29 is 4.79 Å². The van der Waals surface area contributed by atoms with E-state index in [9.17, 15) is 9.59 Å². The predicted molar refractivity (Wildman–Crippen MR) is 152 cm³/mol. The Morgan fingerprint density at radius 3 is 2.62 bits per heavy atom. The molecule has 196 valence electrons. The highest BCUT2D eigenvalue weighted by molar-refractivity contribution is 6.09. The molecule has 0 aliphatic carbocycles. The smallest absolute Gasteiger partial charge is 0.280 e. The van der Waals surface area contributed by atoms with Crippen molar-refractivity contribution in [1.29, 1.82) is 0 Å². The van der Waals surface area contributed by atoms with Crippen molar-refractivity contribution in [3.05, 3.63) is 118 Å². The molecule has 0 aliphatic heterocycles. The zero-order chi connectivity index (χ0) is 27.8. The van der Waals surface area contributed by atoms with Gasteiger partial charge in [-0.25, -0.2) is 4.98 Å². The van der Waals surface area contributed by atoms with E-state index in [1.165, 1.54) is 0 Å². The molecule has 0 aliphatic rings. The summed E-state index contributed by atoms with van der Waals surface area (Å²) in [5.74, 6) is 5.82. The summed E-state index contributed by atoms with van der Waals surface area (Å²) in [6.45, 7) is 1.81. The minimum Gasteiger partial charge on any atom is -0.383 e. The summed E-state index contributed by atoms with van der Waals surface area (Å²) in [6, 6.07) is 14.1. The fourth-order valence-corrected chi connectivity index (χ4v) is 4.70. The van der Waals surface area contributed by atoms with Gasteiger partial charge in [-0.15, -0.1) is 0 Å². The quantitative estimate of drug-likeness (QED) is 0.339. The molecule has 0 saturated heterocycles. The van der Waals surface area contributed by atoms with E-state index in [-0.39, 0.29) is 16.9 Å². The van der Waals surface area contributed by atoms with Gasteiger partial charge in [-0.05, 0) is 37.3 Å². The summed E-state index contributed by atoms with van der Waals surface area (Å²) < 4.78 is 5.01. The van der Waals surface area contributed by atoms with Crippen LogP contribution in [0.5, 0.6) is 0 Å². The fraction of sp³-hybridized carbons (Fsp3) is 0.100. The normalized spacial score (nSPS) is 11.8. The van der Waals surface area contributed by atoms with Crippen LogP contribution in [0.3, 0.4) is 0 Å². The maximum atomic E-state index is 14.0. The number of rotatable bonds is 4. The van der Waals surface area contributed by atoms with Gasteiger partial charge in [0, 0.05) is 49.1 Å². The van der Waals surface area contributed by atoms with Crippen molar-refractivity contribution in [3.8, 4) is 17.5 Å². The number of hydrogen-bond acceptors (Lipinski definition) is 6. The van der Waals surface area contributed by atoms with E-state index in [1.807, 2.05) is 62.8 Å². The topological polar surface area (TPSA) is 125 Å². The van der Waals surface area contributed by atoms with Crippen LogP contribution in [0.4, 0.5) is 5.82 Å². The number of carbonyl (C=O) groups excluding carboxylic acids is 1. The van der Waals surface area contributed by atoms with E-state index in [0.717, 1.165) is 5.56 Å². The van der Waals surface area contributed by atoms with Crippen molar-refractivity contribution in [2.45, 2.75) is 13.0 Å². The van der Waals surface area contributed by atoms with Crippen LogP contribution in [-0.4, -0.2) is 34.6 Å². The van der Waals surface area contributed by atoms with Crippen molar-refractivity contribution in [2.24, 2.45) is 7.05 Å². The molecular formula is C30H24N8O2. The Morgan fingerprint density at radius 1 is 1.02 bits per heavy atom. The second-order valence-corrected chi connectivity index (χ2v) is 9.32. The first-order valence-corrected chi connectivity index (χ1v) is 12.5. The van der Waals surface area contributed by atoms with E-state index < -0.39 is 11.9 Å². The standard InChI is InChI=1S/C30H24N8O2/c1-19(35-29(39)25-26-22(7-6-13-32-26)16-33-28(25)31)24-18-37-14-12-21(11-10-20-15-34-36(2)17-20)27(37)30(40)38(24)23-8-4-3-5-9-23/h3-9,12-19H,1-2H3,(H2,31,33)(H,35,39)/t19-/m1/s1. The number of para-hydroxylation sites is 1. The average Bonchev–Trinajstić information content (AvgIpc) is 3.57.